The molecule has 4 rings (SSSR count). The van der Waals surface area contributed by atoms with Gasteiger partial charge >= 0.3 is 0 Å². The fraction of sp³-hybridized carbons (Fsp3) is 0.364. The number of fused-ring (bicyclic) bond motifs is 1. The van der Waals surface area contributed by atoms with Gasteiger partial charge in [0.2, 0.25) is 5.91 Å². The summed E-state index contributed by atoms with van der Waals surface area (Å²) in [5, 5.41) is 4.43. The number of para-hydroxylation sites is 1. The lowest BCUT2D eigenvalue weighted by atomic mass is 9.78. The van der Waals surface area contributed by atoms with Gasteiger partial charge in [-0.3, -0.25) is 4.79 Å². The highest BCUT2D eigenvalue weighted by molar-refractivity contribution is 7.18. The van der Waals surface area contributed by atoms with E-state index in [0.29, 0.717) is 12.5 Å². The zero-order valence-corrected chi connectivity index (χ0v) is 16.6. The van der Waals surface area contributed by atoms with Crippen molar-refractivity contribution in [2.45, 2.75) is 31.7 Å². The van der Waals surface area contributed by atoms with E-state index in [1.54, 1.807) is 11.3 Å². The van der Waals surface area contributed by atoms with Crippen molar-refractivity contribution < 1.29 is 4.79 Å². The number of nitrogens with one attached hydrogen (secondary N) is 1. The largest absolute Gasteiger partial charge is 0.339 e. The Bertz CT molecular complexity index is 906. The lowest BCUT2D eigenvalue weighted by molar-refractivity contribution is -0.138. The smallest absolute Gasteiger partial charge is 0.233 e. The fourth-order valence-corrected chi connectivity index (χ4v) is 4.99. The molecule has 2 atom stereocenters. The molecular weight excluding hydrogens is 354 g/mol. The zero-order valence-electron chi connectivity index (χ0n) is 15.8. The predicted molar refractivity (Wildman–Crippen MR) is 111 cm³/mol. The van der Waals surface area contributed by atoms with Gasteiger partial charge in [0, 0.05) is 32.1 Å². The van der Waals surface area contributed by atoms with Gasteiger partial charge in [0.25, 0.3) is 0 Å². The Morgan fingerprint density at radius 3 is 2.70 bits per heavy atom. The average Bonchev–Trinajstić information content (AvgIpc) is 3.10. The van der Waals surface area contributed by atoms with Gasteiger partial charge in [-0.1, -0.05) is 42.5 Å². The summed E-state index contributed by atoms with van der Waals surface area (Å²) in [6.07, 6.45) is 0.619. The van der Waals surface area contributed by atoms with Gasteiger partial charge in [-0.2, -0.15) is 0 Å². The number of piperazine rings is 1. The number of carbonyl (C=O) groups is 1. The van der Waals surface area contributed by atoms with Gasteiger partial charge in [0.05, 0.1) is 20.6 Å². The molecule has 1 aliphatic rings. The maximum Gasteiger partial charge on any atom is 0.233 e. The van der Waals surface area contributed by atoms with Gasteiger partial charge in [0.1, 0.15) is 0 Å². The van der Waals surface area contributed by atoms with Gasteiger partial charge in [0.15, 0.2) is 0 Å². The average molecular weight is 380 g/mol. The van der Waals surface area contributed by atoms with Crippen molar-refractivity contribution in [1.29, 1.82) is 0 Å². The molecule has 1 amide bonds. The van der Waals surface area contributed by atoms with Crippen LogP contribution < -0.4 is 5.32 Å². The summed E-state index contributed by atoms with van der Waals surface area (Å²) in [5.41, 5.74) is 1.45. The SMILES string of the molecule is CC1CN(C(=O)C(C)(Cc2nc3ccccc3s2)c2ccccc2)CCN1. The number of benzene rings is 2. The molecule has 1 N–H and O–H groups in total. The molecule has 4 nitrogen and oxygen atoms in total. The van der Waals surface area contributed by atoms with Gasteiger partial charge in [-0.15, -0.1) is 11.3 Å². The Kier molecular flexibility index (Phi) is 4.98. The number of carbonyl (C=O) groups excluding carboxylic acids is 1. The van der Waals surface area contributed by atoms with Gasteiger partial charge in [-0.25, -0.2) is 4.98 Å². The molecule has 2 heterocycles. The monoisotopic (exact) mass is 379 g/mol. The van der Waals surface area contributed by atoms with E-state index in [1.807, 2.05) is 41.3 Å². The maximum absolute atomic E-state index is 13.7. The van der Waals surface area contributed by atoms with Crippen LogP contribution in [-0.2, 0) is 16.6 Å². The molecule has 5 heteroatoms. The van der Waals surface area contributed by atoms with Crippen molar-refractivity contribution in [3.8, 4) is 0 Å². The minimum absolute atomic E-state index is 0.196. The van der Waals surface area contributed by atoms with Crippen LogP contribution in [0.2, 0.25) is 0 Å². The Hall–Kier alpha value is -2.24. The van der Waals surface area contributed by atoms with Crippen molar-refractivity contribution in [3.63, 3.8) is 0 Å². The third kappa shape index (κ3) is 3.62. The number of nitrogens with zero attached hydrogens (tertiary/aromatic N) is 2. The molecule has 1 aliphatic heterocycles. The molecule has 1 aromatic heterocycles. The third-order valence-corrected chi connectivity index (χ3v) is 6.42. The second-order valence-corrected chi connectivity index (χ2v) is 8.67. The standard InChI is InChI=1S/C22H25N3OS/c1-16-15-25(13-12-23-16)21(26)22(2,17-8-4-3-5-9-17)14-20-24-18-10-6-7-11-19(18)27-20/h3-11,16,23H,12-15H2,1-2H3. The maximum atomic E-state index is 13.7. The zero-order chi connectivity index (χ0) is 18.9. The van der Waals surface area contributed by atoms with Crippen LogP contribution in [0.5, 0.6) is 0 Å². The van der Waals surface area contributed by atoms with Crippen LogP contribution in [0, 0.1) is 0 Å². The van der Waals surface area contributed by atoms with Crippen molar-refractivity contribution in [2.75, 3.05) is 19.6 Å². The molecule has 140 valence electrons. The molecule has 27 heavy (non-hydrogen) atoms. The molecule has 0 saturated carbocycles. The molecule has 2 aromatic carbocycles. The second-order valence-electron chi connectivity index (χ2n) is 7.56. The molecule has 1 saturated heterocycles. The highest BCUT2D eigenvalue weighted by Crippen LogP contribution is 2.34. The minimum Gasteiger partial charge on any atom is -0.339 e. The van der Waals surface area contributed by atoms with Gasteiger partial charge < -0.3 is 10.2 Å². The normalized spacial score (nSPS) is 19.8. The number of hydrogen-bond acceptors (Lipinski definition) is 4. The second kappa shape index (κ2) is 7.41. The van der Waals surface area contributed by atoms with Crippen LogP contribution in [0.1, 0.15) is 24.4 Å². The first kappa shape index (κ1) is 18.1. The first-order valence-corrected chi connectivity index (χ1v) is 10.3. The van der Waals surface area contributed by atoms with E-state index >= 15 is 0 Å². The van der Waals surface area contributed by atoms with Crippen LogP contribution in [0.15, 0.2) is 54.6 Å². The molecule has 2 unspecified atom stereocenters. The lowest BCUT2D eigenvalue weighted by Gasteiger charge is -2.38. The van der Waals surface area contributed by atoms with E-state index < -0.39 is 5.41 Å². The van der Waals surface area contributed by atoms with Crippen molar-refractivity contribution >= 4 is 27.5 Å². The summed E-state index contributed by atoms with van der Waals surface area (Å²) < 4.78 is 1.17. The van der Waals surface area contributed by atoms with Crippen LogP contribution >= 0.6 is 11.3 Å². The summed E-state index contributed by atoms with van der Waals surface area (Å²) in [6, 6.07) is 18.7. The quantitative estimate of drug-likeness (QED) is 0.753. The molecule has 1 fully saturated rings. The molecule has 0 radical (unpaired) electrons. The Labute approximate surface area is 164 Å². The summed E-state index contributed by atoms with van der Waals surface area (Å²) in [4.78, 5) is 20.5. The van der Waals surface area contributed by atoms with E-state index in [9.17, 15) is 4.79 Å². The van der Waals surface area contributed by atoms with E-state index in [4.69, 9.17) is 4.98 Å². The lowest BCUT2D eigenvalue weighted by Crippen LogP contribution is -2.56. The Morgan fingerprint density at radius 2 is 1.96 bits per heavy atom. The van der Waals surface area contributed by atoms with Crippen molar-refractivity contribution in [2.24, 2.45) is 0 Å². The number of aromatic nitrogens is 1. The molecular formula is C22H25N3OS. The third-order valence-electron chi connectivity index (χ3n) is 5.38. The highest BCUT2D eigenvalue weighted by Gasteiger charge is 2.40. The van der Waals surface area contributed by atoms with Crippen molar-refractivity contribution in [1.82, 2.24) is 15.2 Å². The van der Waals surface area contributed by atoms with Crippen LogP contribution in [0.25, 0.3) is 10.2 Å². The summed E-state index contributed by atoms with van der Waals surface area (Å²) in [5.74, 6) is 0.196. The van der Waals surface area contributed by atoms with E-state index in [1.165, 1.54) is 4.70 Å². The molecule has 0 aliphatic carbocycles. The summed E-state index contributed by atoms with van der Waals surface area (Å²) >= 11 is 1.69. The summed E-state index contributed by atoms with van der Waals surface area (Å²) in [6.45, 7) is 6.56. The molecule has 3 aromatic rings. The van der Waals surface area contributed by atoms with E-state index in [2.05, 4.69) is 37.4 Å². The Balaban J connectivity index is 1.70. The fourth-order valence-electron chi connectivity index (χ4n) is 3.87. The predicted octanol–water partition coefficient (Wildman–Crippen LogP) is 3.62. The topological polar surface area (TPSA) is 45.2 Å². The van der Waals surface area contributed by atoms with Crippen LogP contribution in [-0.4, -0.2) is 41.5 Å². The number of rotatable bonds is 4. The Morgan fingerprint density at radius 1 is 1.22 bits per heavy atom. The van der Waals surface area contributed by atoms with Crippen LogP contribution in [0.3, 0.4) is 0 Å². The highest BCUT2D eigenvalue weighted by atomic mass is 32.1. The first-order chi connectivity index (χ1) is 13.1. The first-order valence-electron chi connectivity index (χ1n) is 9.49. The number of hydrogen-bond donors (Lipinski definition) is 1. The number of thiazole rings is 1. The number of amides is 1. The molecule has 0 bridgehead atoms. The van der Waals surface area contributed by atoms with E-state index in [0.717, 1.165) is 35.7 Å². The van der Waals surface area contributed by atoms with Crippen LogP contribution in [0.4, 0.5) is 0 Å². The summed E-state index contributed by atoms with van der Waals surface area (Å²) in [7, 11) is 0. The van der Waals surface area contributed by atoms with E-state index in [-0.39, 0.29) is 5.91 Å². The minimum atomic E-state index is -0.619. The molecule has 0 spiro atoms. The van der Waals surface area contributed by atoms with Gasteiger partial charge in [-0.05, 0) is 31.5 Å². The van der Waals surface area contributed by atoms with Crippen molar-refractivity contribution in [3.05, 3.63) is 65.2 Å².